The zero-order chi connectivity index (χ0) is 14.7. The molecule has 1 saturated heterocycles. The second kappa shape index (κ2) is 6.29. The van der Waals surface area contributed by atoms with Crippen LogP contribution in [0.5, 0.6) is 0 Å². The van der Waals surface area contributed by atoms with Crippen molar-refractivity contribution in [1.29, 1.82) is 0 Å². The molecule has 2 aliphatic rings. The maximum atomic E-state index is 12.3. The number of hydrogen-bond acceptors (Lipinski definition) is 2. The molecule has 1 aliphatic carbocycles. The summed E-state index contributed by atoms with van der Waals surface area (Å²) in [6, 6.07) is 7.73. The standard InChI is InChI=1S/C17H22N2O2/c20-16-10-5-11-19(16)15-9-4-6-13(12-15)17(21)18-14-7-2-1-3-8-14/h4,6,9,12,14H,1-3,5,7-8,10-11H2,(H,18,21). The van der Waals surface area contributed by atoms with Crippen molar-refractivity contribution in [2.45, 2.75) is 51.0 Å². The van der Waals surface area contributed by atoms with Gasteiger partial charge in [0, 0.05) is 30.3 Å². The van der Waals surface area contributed by atoms with Gasteiger partial charge in [-0.25, -0.2) is 0 Å². The number of amides is 2. The van der Waals surface area contributed by atoms with Crippen molar-refractivity contribution < 1.29 is 9.59 Å². The number of rotatable bonds is 3. The predicted molar refractivity (Wildman–Crippen MR) is 82.4 cm³/mol. The molecule has 1 aromatic carbocycles. The Labute approximate surface area is 125 Å². The number of nitrogens with one attached hydrogen (secondary N) is 1. The van der Waals surface area contributed by atoms with E-state index in [-0.39, 0.29) is 11.8 Å². The molecule has 4 heteroatoms. The SMILES string of the molecule is O=C(NC1CCCCC1)c1cccc(N2CCCC2=O)c1. The van der Waals surface area contributed by atoms with Gasteiger partial charge in [-0.05, 0) is 37.5 Å². The van der Waals surface area contributed by atoms with Crippen LogP contribution in [0.1, 0.15) is 55.3 Å². The third-order valence-corrected chi connectivity index (χ3v) is 4.43. The van der Waals surface area contributed by atoms with Crippen molar-refractivity contribution in [3.05, 3.63) is 29.8 Å². The van der Waals surface area contributed by atoms with Crippen LogP contribution in [0.4, 0.5) is 5.69 Å². The highest BCUT2D eigenvalue weighted by molar-refractivity contribution is 5.99. The van der Waals surface area contributed by atoms with Crippen LogP contribution in [0, 0.1) is 0 Å². The molecule has 1 heterocycles. The van der Waals surface area contributed by atoms with Gasteiger partial charge < -0.3 is 10.2 Å². The van der Waals surface area contributed by atoms with Crippen molar-refractivity contribution in [1.82, 2.24) is 5.32 Å². The lowest BCUT2D eigenvalue weighted by molar-refractivity contribution is -0.117. The van der Waals surface area contributed by atoms with Gasteiger partial charge >= 0.3 is 0 Å². The van der Waals surface area contributed by atoms with Gasteiger partial charge in [-0.15, -0.1) is 0 Å². The van der Waals surface area contributed by atoms with Crippen LogP contribution in [0.15, 0.2) is 24.3 Å². The van der Waals surface area contributed by atoms with Crippen molar-refractivity contribution >= 4 is 17.5 Å². The molecule has 3 rings (SSSR count). The van der Waals surface area contributed by atoms with Crippen molar-refractivity contribution in [3.8, 4) is 0 Å². The third kappa shape index (κ3) is 3.26. The molecule has 112 valence electrons. The fraction of sp³-hybridized carbons (Fsp3) is 0.529. The maximum absolute atomic E-state index is 12.3. The minimum absolute atomic E-state index is 0.0182. The zero-order valence-corrected chi connectivity index (χ0v) is 12.3. The molecule has 1 aliphatic heterocycles. The van der Waals surface area contributed by atoms with Gasteiger partial charge in [0.25, 0.3) is 5.91 Å². The Hall–Kier alpha value is -1.84. The van der Waals surface area contributed by atoms with E-state index in [9.17, 15) is 9.59 Å². The summed E-state index contributed by atoms with van der Waals surface area (Å²) >= 11 is 0. The van der Waals surface area contributed by atoms with E-state index >= 15 is 0 Å². The Morgan fingerprint density at radius 1 is 1.14 bits per heavy atom. The van der Waals surface area contributed by atoms with Crippen LogP contribution in [-0.4, -0.2) is 24.4 Å². The molecule has 0 bridgehead atoms. The minimum atomic E-state index is -0.0182. The predicted octanol–water partition coefficient (Wildman–Crippen LogP) is 2.88. The Morgan fingerprint density at radius 3 is 2.67 bits per heavy atom. The normalized spacial score (nSPS) is 19.8. The highest BCUT2D eigenvalue weighted by Gasteiger charge is 2.23. The van der Waals surface area contributed by atoms with Crippen LogP contribution >= 0.6 is 0 Å². The lowest BCUT2D eigenvalue weighted by Gasteiger charge is -2.23. The molecule has 1 aromatic rings. The largest absolute Gasteiger partial charge is 0.349 e. The molecule has 1 N–H and O–H groups in total. The summed E-state index contributed by atoms with van der Waals surface area (Å²) in [6.07, 6.45) is 7.35. The molecule has 2 amide bonds. The second-order valence-electron chi connectivity index (χ2n) is 6.01. The minimum Gasteiger partial charge on any atom is -0.349 e. The van der Waals surface area contributed by atoms with Gasteiger partial charge in [0.1, 0.15) is 0 Å². The molecule has 1 saturated carbocycles. The average molecular weight is 286 g/mol. The molecule has 0 unspecified atom stereocenters. The number of anilines is 1. The van der Waals surface area contributed by atoms with Gasteiger partial charge in [0.05, 0.1) is 0 Å². The lowest BCUT2D eigenvalue weighted by Crippen LogP contribution is -2.36. The molecule has 0 radical (unpaired) electrons. The number of carbonyl (C=O) groups excluding carboxylic acids is 2. The summed E-state index contributed by atoms with van der Waals surface area (Å²) in [6.45, 7) is 0.756. The smallest absolute Gasteiger partial charge is 0.251 e. The summed E-state index contributed by atoms with van der Waals surface area (Å²) in [5.74, 6) is 0.134. The molecule has 0 aromatic heterocycles. The number of hydrogen-bond donors (Lipinski definition) is 1. The summed E-state index contributed by atoms with van der Waals surface area (Å²) in [4.78, 5) is 25.9. The summed E-state index contributed by atoms with van der Waals surface area (Å²) in [7, 11) is 0. The lowest BCUT2D eigenvalue weighted by atomic mass is 9.95. The molecular formula is C17H22N2O2. The average Bonchev–Trinajstić information content (AvgIpc) is 2.94. The van der Waals surface area contributed by atoms with Crippen LogP contribution < -0.4 is 10.2 Å². The van der Waals surface area contributed by atoms with Gasteiger partial charge in [0.15, 0.2) is 0 Å². The molecule has 21 heavy (non-hydrogen) atoms. The molecule has 2 fully saturated rings. The fourth-order valence-electron chi connectivity index (χ4n) is 3.25. The van der Waals surface area contributed by atoms with Crippen LogP contribution in [0.25, 0.3) is 0 Å². The highest BCUT2D eigenvalue weighted by Crippen LogP contribution is 2.23. The van der Waals surface area contributed by atoms with E-state index < -0.39 is 0 Å². The van der Waals surface area contributed by atoms with E-state index in [1.54, 1.807) is 4.90 Å². The Kier molecular flexibility index (Phi) is 4.23. The summed E-state index contributed by atoms with van der Waals surface area (Å²) in [5.41, 5.74) is 1.49. The number of nitrogens with zero attached hydrogens (tertiary/aromatic N) is 1. The van der Waals surface area contributed by atoms with E-state index in [1.807, 2.05) is 24.3 Å². The Balaban J connectivity index is 1.69. The fourth-order valence-corrected chi connectivity index (χ4v) is 3.25. The van der Waals surface area contributed by atoms with Crippen molar-refractivity contribution in [2.75, 3.05) is 11.4 Å². The maximum Gasteiger partial charge on any atom is 0.251 e. The van der Waals surface area contributed by atoms with Gasteiger partial charge in [-0.3, -0.25) is 9.59 Å². The quantitative estimate of drug-likeness (QED) is 0.929. The monoisotopic (exact) mass is 286 g/mol. The molecule has 0 atom stereocenters. The Bertz CT molecular complexity index is 535. The first-order valence-electron chi connectivity index (χ1n) is 7.95. The zero-order valence-electron chi connectivity index (χ0n) is 12.3. The van der Waals surface area contributed by atoms with Crippen LogP contribution in [0.3, 0.4) is 0 Å². The van der Waals surface area contributed by atoms with E-state index in [1.165, 1.54) is 19.3 Å². The first kappa shape index (κ1) is 14.1. The summed E-state index contributed by atoms with van der Waals surface area (Å²) in [5, 5.41) is 3.12. The first-order valence-corrected chi connectivity index (χ1v) is 7.95. The van der Waals surface area contributed by atoms with Crippen LogP contribution in [0.2, 0.25) is 0 Å². The molecule has 4 nitrogen and oxygen atoms in total. The van der Waals surface area contributed by atoms with Crippen molar-refractivity contribution in [2.24, 2.45) is 0 Å². The summed E-state index contributed by atoms with van der Waals surface area (Å²) < 4.78 is 0. The van der Waals surface area contributed by atoms with E-state index in [4.69, 9.17) is 0 Å². The van der Waals surface area contributed by atoms with E-state index in [0.717, 1.165) is 31.5 Å². The van der Waals surface area contributed by atoms with Crippen molar-refractivity contribution in [3.63, 3.8) is 0 Å². The van der Waals surface area contributed by atoms with Gasteiger partial charge in [-0.1, -0.05) is 25.3 Å². The van der Waals surface area contributed by atoms with E-state index in [2.05, 4.69) is 5.32 Å². The third-order valence-electron chi connectivity index (χ3n) is 4.43. The highest BCUT2D eigenvalue weighted by atomic mass is 16.2. The molecular weight excluding hydrogens is 264 g/mol. The second-order valence-corrected chi connectivity index (χ2v) is 6.01. The Morgan fingerprint density at radius 2 is 1.95 bits per heavy atom. The topological polar surface area (TPSA) is 49.4 Å². The first-order chi connectivity index (χ1) is 10.2. The number of benzene rings is 1. The van der Waals surface area contributed by atoms with Gasteiger partial charge in [0.2, 0.25) is 5.91 Å². The molecule has 0 spiro atoms. The van der Waals surface area contributed by atoms with Crippen LogP contribution in [-0.2, 0) is 4.79 Å². The number of carbonyl (C=O) groups is 2. The van der Waals surface area contributed by atoms with Gasteiger partial charge in [-0.2, -0.15) is 0 Å². The van der Waals surface area contributed by atoms with E-state index in [0.29, 0.717) is 18.0 Å².